The summed E-state index contributed by atoms with van der Waals surface area (Å²) in [4.78, 5) is 4.27. The van der Waals surface area contributed by atoms with Crippen molar-refractivity contribution in [2.24, 2.45) is 5.73 Å². The summed E-state index contributed by atoms with van der Waals surface area (Å²) in [7, 11) is -3.53. The average molecular weight is 308 g/mol. The van der Waals surface area contributed by atoms with Gasteiger partial charge in [0.15, 0.2) is 0 Å². The number of aromatic nitrogens is 1. The van der Waals surface area contributed by atoms with Gasteiger partial charge in [0.25, 0.3) is 0 Å². The van der Waals surface area contributed by atoms with Crippen LogP contribution in [0.25, 0.3) is 10.8 Å². The van der Waals surface area contributed by atoms with E-state index >= 15 is 0 Å². The fourth-order valence-corrected chi connectivity index (χ4v) is 3.30. The minimum absolute atomic E-state index is 0.213. The molecule has 0 amide bonds. The van der Waals surface area contributed by atoms with Gasteiger partial charge in [0.2, 0.25) is 10.0 Å². The zero-order valence-corrected chi connectivity index (χ0v) is 12.7. The number of hydrogen-bond donors (Lipinski definition) is 3. The second-order valence-electron chi connectivity index (χ2n) is 4.90. The SMILES string of the molecule is C[C@H](CNCCN)NS(=O)(=O)c1ccc2cnccc2c1. The van der Waals surface area contributed by atoms with E-state index < -0.39 is 10.0 Å². The quantitative estimate of drug-likeness (QED) is 0.645. The van der Waals surface area contributed by atoms with E-state index in [1.54, 1.807) is 36.7 Å². The van der Waals surface area contributed by atoms with Crippen molar-refractivity contribution in [1.82, 2.24) is 15.0 Å². The first-order valence-electron chi connectivity index (χ1n) is 6.80. The Morgan fingerprint density at radius 1 is 1.29 bits per heavy atom. The molecular weight excluding hydrogens is 288 g/mol. The van der Waals surface area contributed by atoms with Crippen LogP contribution in [0, 0.1) is 0 Å². The van der Waals surface area contributed by atoms with Gasteiger partial charge in [-0.1, -0.05) is 6.07 Å². The highest BCUT2D eigenvalue weighted by Crippen LogP contribution is 2.18. The molecule has 1 atom stereocenters. The van der Waals surface area contributed by atoms with Crippen LogP contribution in [-0.2, 0) is 10.0 Å². The van der Waals surface area contributed by atoms with Crippen LogP contribution < -0.4 is 15.8 Å². The Labute approximate surface area is 124 Å². The maximum absolute atomic E-state index is 12.3. The molecule has 4 N–H and O–H groups in total. The highest BCUT2D eigenvalue weighted by atomic mass is 32.2. The Bertz CT molecular complexity index is 703. The third kappa shape index (κ3) is 4.21. The molecule has 0 spiro atoms. The van der Waals surface area contributed by atoms with Crippen LogP contribution in [0.4, 0.5) is 0 Å². The van der Waals surface area contributed by atoms with Gasteiger partial charge in [0.05, 0.1) is 4.90 Å². The molecule has 0 saturated carbocycles. The standard InChI is InChI=1S/C14H20N4O2S/c1-11(9-17-7-5-15)18-21(19,20)14-3-2-13-10-16-6-4-12(13)8-14/h2-4,6,8,10-11,17-18H,5,7,9,15H2,1H3/t11-/m1/s1. The maximum atomic E-state index is 12.3. The van der Waals surface area contributed by atoms with E-state index in [2.05, 4.69) is 15.0 Å². The van der Waals surface area contributed by atoms with Crippen molar-refractivity contribution in [1.29, 1.82) is 0 Å². The normalized spacial score (nSPS) is 13.4. The van der Waals surface area contributed by atoms with Gasteiger partial charge in [-0.05, 0) is 30.5 Å². The van der Waals surface area contributed by atoms with Crippen molar-refractivity contribution in [3.05, 3.63) is 36.7 Å². The number of fused-ring (bicyclic) bond motifs is 1. The molecule has 21 heavy (non-hydrogen) atoms. The molecule has 0 radical (unpaired) electrons. The summed E-state index contributed by atoms with van der Waals surface area (Å²) in [6.07, 6.45) is 3.35. The monoisotopic (exact) mass is 308 g/mol. The molecule has 0 bridgehead atoms. The third-order valence-electron chi connectivity index (χ3n) is 3.05. The summed E-state index contributed by atoms with van der Waals surface area (Å²) in [5.74, 6) is 0. The number of benzene rings is 1. The van der Waals surface area contributed by atoms with Crippen LogP contribution in [0.15, 0.2) is 41.6 Å². The number of hydrogen-bond acceptors (Lipinski definition) is 5. The van der Waals surface area contributed by atoms with Crippen LogP contribution in [0.5, 0.6) is 0 Å². The molecule has 2 aromatic rings. The molecule has 6 nitrogen and oxygen atoms in total. The minimum Gasteiger partial charge on any atom is -0.329 e. The van der Waals surface area contributed by atoms with Gasteiger partial charge in [-0.25, -0.2) is 13.1 Å². The lowest BCUT2D eigenvalue weighted by Gasteiger charge is -2.15. The van der Waals surface area contributed by atoms with Crippen molar-refractivity contribution in [3.63, 3.8) is 0 Å². The van der Waals surface area contributed by atoms with Crippen molar-refractivity contribution < 1.29 is 8.42 Å². The van der Waals surface area contributed by atoms with Gasteiger partial charge in [-0.2, -0.15) is 0 Å². The number of nitrogens with two attached hydrogens (primary N) is 1. The zero-order valence-electron chi connectivity index (χ0n) is 11.9. The fraction of sp³-hybridized carbons (Fsp3) is 0.357. The largest absolute Gasteiger partial charge is 0.329 e. The summed E-state index contributed by atoms with van der Waals surface area (Å²) in [6.45, 7) is 3.53. The summed E-state index contributed by atoms with van der Waals surface area (Å²) in [5.41, 5.74) is 5.38. The number of sulfonamides is 1. The van der Waals surface area contributed by atoms with Crippen LogP contribution >= 0.6 is 0 Å². The van der Waals surface area contributed by atoms with Crippen molar-refractivity contribution >= 4 is 20.8 Å². The van der Waals surface area contributed by atoms with Crippen molar-refractivity contribution in [2.45, 2.75) is 17.9 Å². The molecule has 1 aromatic carbocycles. The van der Waals surface area contributed by atoms with E-state index in [1.165, 1.54) is 0 Å². The number of nitrogens with zero attached hydrogens (tertiary/aromatic N) is 1. The van der Waals surface area contributed by atoms with Crippen LogP contribution in [0.2, 0.25) is 0 Å². The summed E-state index contributed by atoms with van der Waals surface area (Å²) < 4.78 is 27.3. The van der Waals surface area contributed by atoms with Crippen molar-refractivity contribution in [2.75, 3.05) is 19.6 Å². The van der Waals surface area contributed by atoms with Gasteiger partial charge in [0, 0.05) is 43.5 Å². The Hall–Kier alpha value is -1.54. The van der Waals surface area contributed by atoms with Gasteiger partial charge in [0.1, 0.15) is 0 Å². The predicted molar refractivity (Wildman–Crippen MR) is 83.5 cm³/mol. The first-order chi connectivity index (χ1) is 10.0. The Kier molecular flexibility index (Phi) is 5.24. The van der Waals surface area contributed by atoms with E-state index in [-0.39, 0.29) is 10.9 Å². The fourth-order valence-electron chi connectivity index (χ4n) is 2.02. The van der Waals surface area contributed by atoms with Gasteiger partial charge in [-0.15, -0.1) is 0 Å². The summed E-state index contributed by atoms with van der Waals surface area (Å²) >= 11 is 0. The lowest BCUT2D eigenvalue weighted by atomic mass is 10.2. The number of nitrogens with one attached hydrogen (secondary N) is 2. The van der Waals surface area contributed by atoms with E-state index in [9.17, 15) is 8.42 Å². The zero-order chi connectivity index (χ0) is 15.3. The van der Waals surface area contributed by atoms with E-state index in [1.807, 2.05) is 6.92 Å². The highest BCUT2D eigenvalue weighted by molar-refractivity contribution is 7.89. The van der Waals surface area contributed by atoms with Crippen molar-refractivity contribution in [3.8, 4) is 0 Å². The van der Waals surface area contributed by atoms with Gasteiger partial charge >= 0.3 is 0 Å². The number of pyridine rings is 1. The molecule has 0 aliphatic rings. The highest BCUT2D eigenvalue weighted by Gasteiger charge is 2.17. The van der Waals surface area contributed by atoms with Crippen LogP contribution in [-0.4, -0.2) is 39.1 Å². The second kappa shape index (κ2) is 6.95. The third-order valence-corrected chi connectivity index (χ3v) is 4.64. The Balaban J connectivity index is 2.13. The molecule has 2 rings (SSSR count). The minimum atomic E-state index is -3.53. The molecule has 114 valence electrons. The van der Waals surface area contributed by atoms with E-state index in [0.717, 1.165) is 10.8 Å². The first-order valence-corrected chi connectivity index (χ1v) is 8.28. The van der Waals surface area contributed by atoms with E-state index in [0.29, 0.717) is 19.6 Å². The second-order valence-corrected chi connectivity index (χ2v) is 6.61. The van der Waals surface area contributed by atoms with Gasteiger partial charge < -0.3 is 11.1 Å². The van der Waals surface area contributed by atoms with E-state index in [4.69, 9.17) is 5.73 Å². The lowest BCUT2D eigenvalue weighted by Crippen LogP contribution is -2.41. The first kappa shape index (κ1) is 15.8. The molecule has 0 saturated heterocycles. The Morgan fingerprint density at radius 2 is 2.10 bits per heavy atom. The molecule has 7 heteroatoms. The lowest BCUT2D eigenvalue weighted by molar-refractivity contribution is 0.539. The molecule has 1 heterocycles. The molecule has 0 aliphatic heterocycles. The summed E-state index contributed by atoms with van der Waals surface area (Å²) in [6, 6.07) is 6.58. The molecule has 0 aliphatic carbocycles. The molecular formula is C14H20N4O2S. The van der Waals surface area contributed by atoms with Crippen LogP contribution in [0.3, 0.4) is 0 Å². The van der Waals surface area contributed by atoms with Gasteiger partial charge in [-0.3, -0.25) is 4.98 Å². The predicted octanol–water partition coefficient (Wildman–Crippen LogP) is 0.450. The molecule has 0 fully saturated rings. The molecule has 0 unspecified atom stereocenters. The smallest absolute Gasteiger partial charge is 0.240 e. The topological polar surface area (TPSA) is 97.1 Å². The van der Waals surface area contributed by atoms with Crippen LogP contribution in [0.1, 0.15) is 6.92 Å². The average Bonchev–Trinajstić information content (AvgIpc) is 2.46. The maximum Gasteiger partial charge on any atom is 0.240 e. The number of rotatable bonds is 7. The molecule has 1 aromatic heterocycles. The summed E-state index contributed by atoms with van der Waals surface area (Å²) in [5, 5.41) is 4.84. The Morgan fingerprint density at radius 3 is 2.86 bits per heavy atom.